The van der Waals surface area contributed by atoms with Crippen LogP contribution in [-0.2, 0) is 14.6 Å². The fourth-order valence-electron chi connectivity index (χ4n) is 4.60. The molecule has 1 aromatic rings. The Morgan fingerprint density at radius 1 is 1.17 bits per heavy atom. The van der Waals surface area contributed by atoms with Gasteiger partial charge in [-0.25, -0.2) is 8.42 Å². The third-order valence-electron chi connectivity index (χ3n) is 6.69. The highest BCUT2D eigenvalue weighted by molar-refractivity contribution is 7.91. The monoisotopic (exact) mass is 336 g/mol. The maximum Gasteiger partial charge on any atom is 0.178 e. The molecule has 0 radical (unpaired) electrons. The molecule has 0 aromatic heterocycles. The molecule has 3 nitrogen and oxygen atoms in total. The summed E-state index contributed by atoms with van der Waals surface area (Å²) >= 11 is 0. The lowest BCUT2D eigenvalue weighted by Gasteiger charge is -2.38. The Morgan fingerprint density at radius 3 is 2.43 bits per heavy atom. The Kier molecular flexibility index (Phi) is 4.35. The van der Waals surface area contributed by atoms with E-state index < -0.39 is 9.84 Å². The first kappa shape index (κ1) is 17.0. The van der Waals surface area contributed by atoms with Gasteiger partial charge >= 0.3 is 0 Å². The van der Waals surface area contributed by atoms with Gasteiger partial charge < -0.3 is 4.74 Å². The van der Waals surface area contributed by atoms with E-state index in [0.717, 1.165) is 12.3 Å². The molecule has 0 aliphatic heterocycles. The molecule has 3 atom stereocenters. The molecular formula is C19H28O3S. The summed E-state index contributed by atoms with van der Waals surface area (Å²) in [5, 5.41) is 0. The quantitative estimate of drug-likeness (QED) is 0.735. The molecule has 0 amide bonds. The molecule has 0 unspecified atom stereocenters. The van der Waals surface area contributed by atoms with Gasteiger partial charge in [0.05, 0.1) is 16.8 Å². The first-order chi connectivity index (χ1) is 10.8. The molecule has 2 aliphatic rings. The molecule has 2 aliphatic carbocycles. The van der Waals surface area contributed by atoms with Crippen molar-refractivity contribution in [3.8, 4) is 0 Å². The highest BCUT2D eigenvalue weighted by Crippen LogP contribution is 2.66. The van der Waals surface area contributed by atoms with Crippen molar-refractivity contribution in [2.75, 3.05) is 12.4 Å². The van der Waals surface area contributed by atoms with Crippen LogP contribution in [0.3, 0.4) is 0 Å². The summed E-state index contributed by atoms with van der Waals surface area (Å²) in [6, 6.07) is 8.69. The van der Waals surface area contributed by atoms with Gasteiger partial charge in [0, 0.05) is 6.61 Å². The summed E-state index contributed by atoms with van der Waals surface area (Å²) < 4.78 is 30.7. The Labute approximate surface area is 140 Å². The van der Waals surface area contributed by atoms with Crippen molar-refractivity contribution in [1.82, 2.24) is 0 Å². The summed E-state index contributed by atoms with van der Waals surface area (Å²) in [7, 11) is -3.18. The van der Waals surface area contributed by atoms with Crippen LogP contribution in [0.15, 0.2) is 35.2 Å². The maximum atomic E-state index is 12.3. The van der Waals surface area contributed by atoms with Crippen molar-refractivity contribution in [1.29, 1.82) is 0 Å². The lowest BCUT2D eigenvalue weighted by Crippen LogP contribution is -2.37. The summed E-state index contributed by atoms with van der Waals surface area (Å²) in [6.45, 7) is 7.63. The molecule has 1 aromatic carbocycles. The number of rotatable bonds is 6. The normalized spacial score (nSPS) is 32.3. The van der Waals surface area contributed by atoms with Gasteiger partial charge in [-0.3, -0.25) is 0 Å². The molecule has 4 heteroatoms. The lowest BCUT2D eigenvalue weighted by atomic mass is 9.70. The topological polar surface area (TPSA) is 43.4 Å². The van der Waals surface area contributed by atoms with Crippen LogP contribution in [0.4, 0.5) is 0 Å². The largest absolute Gasteiger partial charge is 0.378 e. The molecule has 2 bridgehead atoms. The number of benzene rings is 1. The van der Waals surface area contributed by atoms with E-state index >= 15 is 0 Å². The number of sulfone groups is 1. The van der Waals surface area contributed by atoms with Crippen LogP contribution in [0.1, 0.15) is 46.5 Å². The molecule has 128 valence electrons. The van der Waals surface area contributed by atoms with Crippen LogP contribution in [0.2, 0.25) is 0 Å². The SMILES string of the molecule is CC1(C)[C@H]2CC[C@]1(C)[C@H](OCCCS(=O)(=O)c1ccccc1)C2. The lowest BCUT2D eigenvalue weighted by molar-refractivity contribution is -0.0459. The Morgan fingerprint density at radius 2 is 1.87 bits per heavy atom. The van der Waals surface area contributed by atoms with Gasteiger partial charge in [0.2, 0.25) is 0 Å². The average molecular weight is 336 g/mol. The van der Waals surface area contributed by atoms with Crippen molar-refractivity contribution in [2.24, 2.45) is 16.7 Å². The van der Waals surface area contributed by atoms with Crippen molar-refractivity contribution in [3.63, 3.8) is 0 Å². The zero-order valence-corrected chi connectivity index (χ0v) is 15.2. The fourth-order valence-corrected chi connectivity index (χ4v) is 5.91. The second kappa shape index (κ2) is 5.89. The zero-order valence-electron chi connectivity index (χ0n) is 14.4. The van der Waals surface area contributed by atoms with E-state index in [1.807, 2.05) is 6.07 Å². The molecule has 23 heavy (non-hydrogen) atoms. The van der Waals surface area contributed by atoms with Gasteiger partial charge in [-0.05, 0) is 54.6 Å². The zero-order chi connectivity index (χ0) is 16.7. The fraction of sp³-hybridized carbons (Fsp3) is 0.684. The van der Waals surface area contributed by atoms with Crippen molar-refractivity contribution >= 4 is 9.84 Å². The highest BCUT2D eigenvalue weighted by atomic mass is 32.2. The van der Waals surface area contributed by atoms with Gasteiger partial charge in [0.1, 0.15) is 0 Å². The average Bonchev–Trinajstić information content (AvgIpc) is 2.85. The molecule has 0 spiro atoms. The smallest absolute Gasteiger partial charge is 0.178 e. The predicted octanol–water partition coefficient (Wildman–Crippen LogP) is 4.08. The van der Waals surface area contributed by atoms with Crippen LogP contribution in [0.5, 0.6) is 0 Å². The van der Waals surface area contributed by atoms with E-state index in [1.54, 1.807) is 24.3 Å². The van der Waals surface area contributed by atoms with Gasteiger partial charge in [0.15, 0.2) is 9.84 Å². The summed E-state index contributed by atoms with van der Waals surface area (Å²) in [5.74, 6) is 0.915. The summed E-state index contributed by atoms with van der Waals surface area (Å²) in [5.41, 5.74) is 0.587. The Hall–Kier alpha value is -0.870. The van der Waals surface area contributed by atoms with E-state index in [4.69, 9.17) is 4.74 Å². The number of fused-ring (bicyclic) bond motifs is 2. The standard InChI is InChI=1S/C19H28O3S/c1-18(2)15-10-11-19(18,3)17(14-15)22-12-7-13-23(20,21)16-8-5-4-6-9-16/h4-6,8-9,15,17H,7,10-14H2,1-3H3/t15-,17+,19+/m0/s1. The molecule has 0 saturated heterocycles. The van der Waals surface area contributed by atoms with Crippen LogP contribution in [-0.4, -0.2) is 26.9 Å². The van der Waals surface area contributed by atoms with Crippen LogP contribution < -0.4 is 0 Å². The number of ether oxygens (including phenoxy) is 1. The second-order valence-corrected chi connectivity index (χ2v) is 10.1. The third kappa shape index (κ3) is 2.85. The van der Waals surface area contributed by atoms with Gasteiger partial charge in [-0.2, -0.15) is 0 Å². The number of hydrogen-bond donors (Lipinski definition) is 0. The van der Waals surface area contributed by atoms with Gasteiger partial charge in [-0.1, -0.05) is 39.0 Å². The van der Waals surface area contributed by atoms with E-state index in [1.165, 1.54) is 12.8 Å². The molecule has 3 rings (SSSR count). The van der Waals surface area contributed by atoms with E-state index in [-0.39, 0.29) is 17.3 Å². The Balaban J connectivity index is 1.52. The van der Waals surface area contributed by atoms with E-state index in [2.05, 4.69) is 20.8 Å². The van der Waals surface area contributed by atoms with Crippen molar-refractivity contribution in [2.45, 2.75) is 57.5 Å². The minimum atomic E-state index is -3.18. The first-order valence-electron chi connectivity index (χ1n) is 8.67. The Bertz CT molecular complexity index is 650. The molecule has 2 saturated carbocycles. The minimum Gasteiger partial charge on any atom is -0.378 e. The summed E-state index contributed by atoms with van der Waals surface area (Å²) in [6.07, 6.45) is 4.53. The van der Waals surface area contributed by atoms with Crippen LogP contribution >= 0.6 is 0 Å². The minimum absolute atomic E-state index is 0.160. The van der Waals surface area contributed by atoms with Gasteiger partial charge in [0.25, 0.3) is 0 Å². The van der Waals surface area contributed by atoms with Crippen LogP contribution in [0.25, 0.3) is 0 Å². The van der Waals surface area contributed by atoms with Gasteiger partial charge in [-0.15, -0.1) is 0 Å². The maximum absolute atomic E-state index is 12.3. The van der Waals surface area contributed by atoms with Crippen molar-refractivity contribution < 1.29 is 13.2 Å². The van der Waals surface area contributed by atoms with Crippen molar-refractivity contribution in [3.05, 3.63) is 30.3 Å². The van der Waals surface area contributed by atoms with Crippen LogP contribution in [0, 0.1) is 16.7 Å². The second-order valence-electron chi connectivity index (χ2n) is 7.96. The summed E-state index contributed by atoms with van der Waals surface area (Å²) in [4.78, 5) is 0.410. The molecule has 0 heterocycles. The van der Waals surface area contributed by atoms with E-state index in [0.29, 0.717) is 23.3 Å². The number of hydrogen-bond acceptors (Lipinski definition) is 3. The van der Waals surface area contributed by atoms with E-state index in [9.17, 15) is 8.42 Å². The third-order valence-corrected chi connectivity index (χ3v) is 8.51. The molecular weight excluding hydrogens is 308 g/mol. The predicted molar refractivity (Wildman–Crippen MR) is 92.1 cm³/mol. The molecule has 0 N–H and O–H groups in total. The molecule has 2 fully saturated rings. The first-order valence-corrected chi connectivity index (χ1v) is 10.3. The highest BCUT2D eigenvalue weighted by Gasteiger charge is 2.61.